The van der Waals surface area contributed by atoms with Gasteiger partial charge < -0.3 is 9.91 Å². The zero-order valence-corrected chi connectivity index (χ0v) is 31.1. The molecule has 7 heteroatoms. The molecule has 0 radical (unpaired) electrons. The molecule has 0 spiro atoms. The molecule has 0 unspecified atom stereocenters. The summed E-state index contributed by atoms with van der Waals surface area (Å²) in [6.07, 6.45) is 13.6. The number of hydrogen-bond donors (Lipinski definition) is 0. The summed E-state index contributed by atoms with van der Waals surface area (Å²) in [5.41, 5.74) is 13.3. The van der Waals surface area contributed by atoms with Gasteiger partial charge in [0, 0.05) is 44.4 Å². The first-order valence-corrected chi connectivity index (χ1v) is 17.1. The van der Waals surface area contributed by atoms with Gasteiger partial charge in [-0.05, 0) is 50.6 Å². The summed E-state index contributed by atoms with van der Waals surface area (Å²) in [4.78, 5) is 2.02. The molecule has 0 fully saturated rings. The third-order valence-electron chi connectivity index (χ3n) is 9.49. The second kappa shape index (κ2) is 15.0. The molecule has 1 atom stereocenters. The third-order valence-corrected chi connectivity index (χ3v) is 9.49. The monoisotopic (exact) mass is 841 g/mol. The molecule has 0 saturated carbocycles. The molecule has 2 aliphatic rings. The van der Waals surface area contributed by atoms with Gasteiger partial charge in [-0.3, -0.25) is 4.68 Å². The van der Waals surface area contributed by atoms with Gasteiger partial charge in [0.1, 0.15) is 0 Å². The van der Waals surface area contributed by atoms with Gasteiger partial charge in [0.2, 0.25) is 0 Å². The van der Waals surface area contributed by atoms with E-state index in [0.29, 0.717) is 0 Å². The van der Waals surface area contributed by atoms with E-state index < -0.39 is 0 Å². The Kier molecular flexibility index (Phi) is 10.1. The molecule has 5 nitrogen and oxygen atoms in total. The van der Waals surface area contributed by atoms with Gasteiger partial charge in [-0.2, -0.15) is 57.5 Å². The summed E-state index contributed by atoms with van der Waals surface area (Å²) >= 11 is 0. The van der Waals surface area contributed by atoms with E-state index in [1.54, 1.807) is 0 Å². The maximum Gasteiger partial charge on any atom is 0.192 e. The Morgan fingerprint density at radius 1 is 0.765 bits per heavy atom. The van der Waals surface area contributed by atoms with E-state index in [0.717, 1.165) is 51.2 Å². The quantitative estimate of drug-likeness (QED) is 0.117. The van der Waals surface area contributed by atoms with Crippen molar-refractivity contribution in [1.29, 1.82) is 0 Å². The fraction of sp³-hybridized carbons (Fsp3) is 0.114. The molecule has 1 aliphatic heterocycles. The molecule has 8 rings (SSSR count). The number of allylic oxidation sites excluding steroid dienone is 4. The number of aromatic nitrogens is 2. The van der Waals surface area contributed by atoms with E-state index in [4.69, 9.17) is 10.2 Å². The number of aryl methyl sites for hydroxylation is 3. The molecule has 6 aromatic rings. The van der Waals surface area contributed by atoms with Crippen LogP contribution in [0.4, 0.5) is 11.4 Å². The van der Waals surface area contributed by atoms with Gasteiger partial charge in [-0.1, -0.05) is 113 Å². The fourth-order valence-electron chi connectivity index (χ4n) is 7.23. The number of hydrazone groups is 1. The first-order chi connectivity index (χ1) is 24.5. The van der Waals surface area contributed by atoms with Crippen molar-refractivity contribution in [2.24, 2.45) is 5.10 Å². The number of rotatable bonds is 8. The van der Waals surface area contributed by atoms with E-state index in [1.807, 2.05) is 45.8 Å². The summed E-state index contributed by atoms with van der Waals surface area (Å²) < 4.78 is 2.01. The normalized spacial score (nSPS) is 14.9. The van der Waals surface area contributed by atoms with Crippen LogP contribution < -0.4 is 26.3 Å². The Bertz CT molecular complexity index is 2220. The molecule has 254 valence electrons. The van der Waals surface area contributed by atoms with Crippen LogP contribution in [-0.2, 0) is 21.1 Å². The average molecular weight is 842 g/mol. The second-order valence-electron chi connectivity index (χ2n) is 13.1. The van der Waals surface area contributed by atoms with Crippen LogP contribution in [0.3, 0.4) is 0 Å². The Hall–Kier alpha value is -5.19. The molecule has 51 heavy (non-hydrogen) atoms. The van der Waals surface area contributed by atoms with E-state index >= 15 is 0 Å². The summed E-state index contributed by atoms with van der Waals surface area (Å²) in [6.45, 7) is 8.47. The fourth-order valence-corrected chi connectivity index (χ4v) is 7.23. The van der Waals surface area contributed by atoms with Crippen molar-refractivity contribution >= 4 is 40.8 Å². The van der Waals surface area contributed by atoms with Crippen molar-refractivity contribution in [3.05, 3.63) is 181 Å². The summed E-state index contributed by atoms with van der Waals surface area (Å²) in [5.74, 6) is 0.213. The van der Waals surface area contributed by atoms with Gasteiger partial charge in [-0.15, -0.1) is 18.8 Å². The van der Waals surface area contributed by atoms with Crippen molar-refractivity contribution in [2.75, 3.05) is 9.91 Å². The third kappa shape index (κ3) is 7.07. The predicted octanol–water partition coefficient (Wildman–Crippen LogP) is 7.57. The van der Waals surface area contributed by atoms with Crippen LogP contribution in [0.5, 0.6) is 0 Å². The molecule has 1 aromatic heterocycles. The van der Waals surface area contributed by atoms with Crippen LogP contribution in [0.15, 0.2) is 145 Å². The molecule has 0 saturated heterocycles. The van der Waals surface area contributed by atoms with E-state index in [-0.39, 0.29) is 33.7 Å². The van der Waals surface area contributed by atoms with Crippen molar-refractivity contribution in [3.63, 3.8) is 0 Å². The van der Waals surface area contributed by atoms with Crippen LogP contribution in [0.1, 0.15) is 34.7 Å². The minimum Gasteiger partial charge on any atom is -0.463 e. The number of benzene rings is 5. The van der Waals surface area contributed by atoms with Crippen LogP contribution in [0.2, 0.25) is 0 Å². The van der Waals surface area contributed by atoms with E-state index in [9.17, 15) is 0 Å². The molecular weight excluding hydrogens is 804 g/mol. The number of nitrogens with zero attached hydrogens (tertiary/aromatic N) is 5. The Balaban J connectivity index is 0.00000406. The molecule has 0 amide bonds. The molecular formula is C44H37BN5Pt-3. The summed E-state index contributed by atoms with van der Waals surface area (Å²) in [5, 5.41) is 11.8. The topological polar surface area (TPSA) is 36.7 Å². The minimum absolute atomic E-state index is 0. The smallest absolute Gasteiger partial charge is 0.192 e. The van der Waals surface area contributed by atoms with Crippen LogP contribution in [0, 0.1) is 39.6 Å². The van der Waals surface area contributed by atoms with Crippen LogP contribution in [0.25, 0.3) is 16.8 Å². The van der Waals surface area contributed by atoms with Gasteiger partial charge in [-0.25, -0.2) is 0 Å². The summed E-state index contributed by atoms with van der Waals surface area (Å²) in [7, 11) is 0. The first kappa shape index (κ1) is 34.3. The number of para-hydroxylation sites is 1. The first-order valence-electron chi connectivity index (χ1n) is 17.1. The van der Waals surface area contributed by atoms with Crippen molar-refractivity contribution < 1.29 is 21.1 Å². The summed E-state index contributed by atoms with van der Waals surface area (Å²) in [6, 6.07) is 45.7. The van der Waals surface area contributed by atoms with Crippen molar-refractivity contribution in [3.8, 4) is 16.8 Å². The van der Waals surface area contributed by atoms with E-state index in [2.05, 4.69) is 154 Å². The van der Waals surface area contributed by atoms with Crippen molar-refractivity contribution in [2.45, 2.75) is 33.1 Å². The van der Waals surface area contributed by atoms with E-state index in [1.165, 1.54) is 22.2 Å². The van der Waals surface area contributed by atoms with Gasteiger partial charge >= 0.3 is 0 Å². The van der Waals surface area contributed by atoms with Gasteiger partial charge in [0.05, 0.1) is 12.0 Å². The van der Waals surface area contributed by atoms with Crippen LogP contribution in [-0.4, -0.2) is 22.8 Å². The predicted molar refractivity (Wildman–Crippen MR) is 208 cm³/mol. The average Bonchev–Trinajstić information content (AvgIpc) is 3.84. The minimum atomic E-state index is -0.109. The molecule has 0 N–H and O–H groups in total. The van der Waals surface area contributed by atoms with Gasteiger partial charge in [0.15, 0.2) is 6.71 Å². The number of hydrogen-bond acceptors (Lipinski definition) is 4. The van der Waals surface area contributed by atoms with Crippen LogP contribution >= 0.6 is 0 Å². The molecule has 5 aromatic carbocycles. The second-order valence-corrected chi connectivity index (χ2v) is 13.1. The zero-order valence-electron chi connectivity index (χ0n) is 28.8. The largest absolute Gasteiger partial charge is 0.463 e. The Labute approximate surface area is 316 Å². The Morgan fingerprint density at radius 3 is 2.12 bits per heavy atom. The van der Waals surface area contributed by atoms with Gasteiger partial charge in [0.25, 0.3) is 0 Å². The molecule has 2 heterocycles. The standard InChI is InChI=1S/C44H37BN5.Pt/c1-32-25-33(2)43(34(3)26-32)45(38-20-14-24-41(28-38)50-31-48(30-46-50)39-21-11-6-12-22-39)37-19-13-23-40(27-37)49-29-42(35-15-7-4-8-16-35)44(47-49)36-17-9-5-10-18-36;/h4-17,19-26,29-31,36H,18H2,1-3H3;/q-3;/t36-;/m1./s1. The molecule has 0 bridgehead atoms. The maximum absolute atomic E-state index is 5.23. The SMILES string of the molecule is Cc1cc(C)c(B(c2[c-]c(N3[CH-]N(c4ccccc4)C=N3)ccc2)c2[c-]c(-n3cc(-c4ccccc4)c([C@@H]4C=CC=CC4)n3)ccc2)c(C)c1.[Pt]. The molecule has 1 aliphatic carbocycles. The van der Waals surface area contributed by atoms with Crippen molar-refractivity contribution in [1.82, 2.24) is 9.78 Å². The Morgan fingerprint density at radius 2 is 1.43 bits per heavy atom. The maximum atomic E-state index is 5.23. The zero-order chi connectivity index (χ0) is 34.0. The number of anilines is 2.